The second kappa shape index (κ2) is 9.87. The van der Waals surface area contributed by atoms with Crippen LogP contribution in [0.4, 0.5) is 5.69 Å². The van der Waals surface area contributed by atoms with Crippen LogP contribution in [0.15, 0.2) is 48.7 Å². The summed E-state index contributed by atoms with van der Waals surface area (Å²) in [5, 5.41) is 3.38. The van der Waals surface area contributed by atoms with E-state index in [4.69, 9.17) is 32.7 Å². The molecule has 0 radical (unpaired) electrons. The van der Waals surface area contributed by atoms with Gasteiger partial charge in [-0.2, -0.15) is 0 Å². The van der Waals surface area contributed by atoms with E-state index in [0.29, 0.717) is 38.5 Å². The molecule has 0 heterocycles. The Kier molecular flexibility index (Phi) is 7.54. The zero-order valence-corrected chi connectivity index (χ0v) is 16.8. The molecule has 2 amide bonds. The highest BCUT2D eigenvalue weighted by Gasteiger charge is 2.14. The summed E-state index contributed by atoms with van der Waals surface area (Å²) in [4.78, 5) is 24.4. The van der Waals surface area contributed by atoms with Gasteiger partial charge in [0.2, 0.25) is 5.91 Å². The number of rotatable bonds is 8. The maximum atomic E-state index is 12.3. The van der Waals surface area contributed by atoms with Crippen molar-refractivity contribution < 1.29 is 19.1 Å². The Bertz CT molecular complexity index is 903. The molecule has 0 aromatic heterocycles. The lowest BCUT2D eigenvalue weighted by atomic mass is 10.2. The van der Waals surface area contributed by atoms with Crippen molar-refractivity contribution in [3.63, 3.8) is 0 Å². The Balaban J connectivity index is 1.88. The van der Waals surface area contributed by atoms with Crippen molar-refractivity contribution >= 4 is 40.7 Å². The van der Waals surface area contributed by atoms with Gasteiger partial charge in [0.25, 0.3) is 5.91 Å². The smallest absolute Gasteiger partial charge is 0.273 e. The van der Waals surface area contributed by atoms with Crippen LogP contribution in [-0.2, 0) is 4.79 Å². The predicted octanol–water partition coefficient (Wildman–Crippen LogP) is 3.79. The Morgan fingerprint density at radius 1 is 1.00 bits per heavy atom. The van der Waals surface area contributed by atoms with Gasteiger partial charge < -0.3 is 20.2 Å². The van der Waals surface area contributed by atoms with Crippen molar-refractivity contribution in [3.05, 3.63) is 64.3 Å². The monoisotopic (exact) mass is 423 g/mol. The fourth-order valence-electron chi connectivity index (χ4n) is 2.22. The largest absolute Gasteiger partial charge is 0.497 e. The number of hydrazine groups is 1. The number of benzene rings is 2. The van der Waals surface area contributed by atoms with Gasteiger partial charge in [0, 0.05) is 17.5 Å². The van der Waals surface area contributed by atoms with Crippen LogP contribution in [0.25, 0.3) is 0 Å². The van der Waals surface area contributed by atoms with E-state index in [1.165, 1.54) is 20.3 Å². The van der Waals surface area contributed by atoms with E-state index in [2.05, 4.69) is 22.7 Å². The number of carbonyl (C=O) groups is 2. The second-order valence-corrected chi connectivity index (χ2v) is 6.42. The number of nitrogens with one attached hydrogen (secondary N) is 3. The van der Waals surface area contributed by atoms with Gasteiger partial charge in [0.05, 0.1) is 36.2 Å². The summed E-state index contributed by atoms with van der Waals surface area (Å²) in [5.74, 6) is 0.115. The Hall–Kier alpha value is -2.90. The van der Waals surface area contributed by atoms with Gasteiger partial charge in [-0.1, -0.05) is 29.8 Å². The van der Waals surface area contributed by atoms with Crippen LogP contribution in [0, 0.1) is 0 Å². The lowest BCUT2D eigenvalue weighted by Crippen LogP contribution is -2.37. The summed E-state index contributed by atoms with van der Waals surface area (Å²) in [7, 11) is 2.97. The van der Waals surface area contributed by atoms with E-state index in [-0.39, 0.29) is 12.3 Å². The highest BCUT2D eigenvalue weighted by Crippen LogP contribution is 2.25. The molecule has 3 N–H and O–H groups in total. The van der Waals surface area contributed by atoms with Crippen LogP contribution < -0.4 is 25.6 Å². The van der Waals surface area contributed by atoms with E-state index in [0.717, 1.165) is 0 Å². The molecule has 2 aromatic rings. The first-order chi connectivity index (χ1) is 13.3. The normalized spacial score (nSPS) is 10.0. The van der Waals surface area contributed by atoms with Gasteiger partial charge in [-0.25, -0.2) is 0 Å². The molecule has 0 aliphatic carbocycles. The highest BCUT2D eigenvalue weighted by molar-refractivity contribution is 6.42. The average Bonchev–Trinajstić information content (AvgIpc) is 2.68. The summed E-state index contributed by atoms with van der Waals surface area (Å²) in [6, 6.07) is 9.53. The lowest BCUT2D eigenvalue weighted by Gasteiger charge is -2.13. The van der Waals surface area contributed by atoms with Gasteiger partial charge in [0.1, 0.15) is 11.5 Å². The predicted molar refractivity (Wildman–Crippen MR) is 109 cm³/mol. The van der Waals surface area contributed by atoms with Gasteiger partial charge >= 0.3 is 0 Å². The van der Waals surface area contributed by atoms with Gasteiger partial charge in [-0.05, 0) is 30.3 Å². The highest BCUT2D eigenvalue weighted by atomic mass is 35.5. The van der Waals surface area contributed by atoms with Crippen molar-refractivity contribution in [1.82, 2.24) is 10.9 Å². The van der Waals surface area contributed by atoms with Crippen molar-refractivity contribution in [2.75, 3.05) is 19.5 Å². The number of hydrogen-bond acceptors (Lipinski definition) is 5. The Labute approximate surface area is 172 Å². The molecule has 0 saturated heterocycles. The molecule has 0 saturated carbocycles. The molecule has 0 unspecified atom stereocenters. The molecule has 0 atom stereocenters. The first kappa shape index (κ1) is 21.4. The third kappa shape index (κ3) is 5.80. The van der Waals surface area contributed by atoms with E-state index in [1.54, 1.807) is 30.3 Å². The molecule has 0 aliphatic rings. The average molecular weight is 424 g/mol. The minimum absolute atomic E-state index is 0.0692. The third-order valence-electron chi connectivity index (χ3n) is 3.58. The summed E-state index contributed by atoms with van der Waals surface area (Å²) in [6.45, 7) is 3.72. The number of ether oxygens (including phenoxy) is 2. The number of halogens is 2. The number of carbonyl (C=O) groups excluding carboxylic acids is 2. The molecule has 0 bridgehead atoms. The standard InChI is InChI=1S/C19H19Cl2N3O4/c1-11(8-18(25)22-12-4-7-15(20)16(21)9-12)23-24-19(26)14-6-5-13(27-2)10-17(14)28-3/h4-7,9-10,23H,1,8H2,2-3H3,(H,22,25)(H,24,26). The fraction of sp³-hybridized carbons (Fsp3) is 0.158. The zero-order chi connectivity index (χ0) is 20.7. The lowest BCUT2D eigenvalue weighted by molar-refractivity contribution is -0.115. The number of hydrogen-bond donors (Lipinski definition) is 3. The SMILES string of the molecule is C=C(CC(=O)Nc1ccc(Cl)c(Cl)c1)NNC(=O)c1ccc(OC)cc1OC. The molecule has 7 nitrogen and oxygen atoms in total. The van der Waals surface area contributed by atoms with E-state index in [9.17, 15) is 9.59 Å². The van der Waals surface area contributed by atoms with Crippen molar-refractivity contribution in [1.29, 1.82) is 0 Å². The number of amides is 2. The molecule has 0 aliphatic heterocycles. The third-order valence-corrected chi connectivity index (χ3v) is 4.32. The molecular formula is C19H19Cl2N3O4. The summed E-state index contributed by atoms with van der Waals surface area (Å²) >= 11 is 11.7. The van der Waals surface area contributed by atoms with E-state index in [1.807, 2.05) is 0 Å². The zero-order valence-electron chi connectivity index (χ0n) is 15.3. The molecule has 9 heteroatoms. The first-order valence-corrected chi connectivity index (χ1v) is 8.80. The first-order valence-electron chi connectivity index (χ1n) is 8.05. The van der Waals surface area contributed by atoms with Gasteiger partial charge in [0.15, 0.2) is 0 Å². The summed E-state index contributed by atoms with van der Waals surface area (Å²) < 4.78 is 10.3. The summed E-state index contributed by atoms with van der Waals surface area (Å²) in [6.07, 6.45) is -0.0692. The van der Waals surface area contributed by atoms with Crippen LogP contribution in [0.5, 0.6) is 11.5 Å². The maximum absolute atomic E-state index is 12.3. The molecule has 2 rings (SSSR count). The molecule has 0 spiro atoms. The minimum atomic E-state index is -0.453. The molecule has 148 valence electrons. The summed E-state index contributed by atoms with van der Waals surface area (Å²) in [5.41, 5.74) is 6.16. The molecular weight excluding hydrogens is 405 g/mol. The topological polar surface area (TPSA) is 88.7 Å². The number of methoxy groups -OCH3 is 2. The van der Waals surface area contributed by atoms with Crippen LogP contribution in [-0.4, -0.2) is 26.0 Å². The molecule has 2 aromatic carbocycles. The van der Waals surface area contributed by atoms with Gasteiger partial charge in [-0.15, -0.1) is 0 Å². The fourth-order valence-corrected chi connectivity index (χ4v) is 2.51. The van der Waals surface area contributed by atoms with E-state index >= 15 is 0 Å². The van der Waals surface area contributed by atoms with Crippen LogP contribution in [0.1, 0.15) is 16.8 Å². The van der Waals surface area contributed by atoms with Crippen LogP contribution >= 0.6 is 23.2 Å². The number of anilines is 1. The minimum Gasteiger partial charge on any atom is -0.497 e. The molecule has 28 heavy (non-hydrogen) atoms. The molecule has 0 fully saturated rings. The van der Waals surface area contributed by atoms with E-state index < -0.39 is 5.91 Å². The Morgan fingerprint density at radius 2 is 1.75 bits per heavy atom. The second-order valence-electron chi connectivity index (χ2n) is 5.60. The van der Waals surface area contributed by atoms with Crippen molar-refractivity contribution in [3.8, 4) is 11.5 Å². The van der Waals surface area contributed by atoms with Crippen molar-refractivity contribution in [2.24, 2.45) is 0 Å². The van der Waals surface area contributed by atoms with Crippen LogP contribution in [0.2, 0.25) is 10.0 Å². The van der Waals surface area contributed by atoms with Gasteiger partial charge in [-0.3, -0.25) is 15.0 Å². The Morgan fingerprint density at radius 3 is 2.39 bits per heavy atom. The van der Waals surface area contributed by atoms with Crippen LogP contribution in [0.3, 0.4) is 0 Å². The quantitative estimate of drug-likeness (QED) is 0.562. The van der Waals surface area contributed by atoms with Crippen molar-refractivity contribution in [2.45, 2.75) is 6.42 Å². The maximum Gasteiger partial charge on any atom is 0.273 e.